The van der Waals surface area contributed by atoms with Gasteiger partial charge < -0.3 is 10.9 Å². The minimum Gasteiger partial charge on any atom is -0.613 e. The fourth-order valence-electron chi connectivity index (χ4n) is 2.48. The van der Waals surface area contributed by atoms with Crippen molar-refractivity contribution in [2.24, 2.45) is 20.5 Å². The molecule has 8 nitrogen and oxygen atoms in total. The summed E-state index contributed by atoms with van der Waals surface area (Å²) in [4.78, 5) is 0. The van der Waals surface area contributed by atoms with Gasteiger partial charge in [0.05, 0.1) is 11.4 Å². The van der Waals surface area contributed by atoms with Gasteiger partial charge in [-0.2, -0.15) is 0 Å². The maximum Gasteiger partial charge on any atom is 2.00 e. The van der Waals surface area contributed by atoms with E-state index in [2.05, 4.69) is 66.6 Å². The van der Waals surface area contributed by atoms with Crippen molar-refractivity contribution >= 4 is 57.4 Å². The molecule has 0 aliphatic heterocycles. The number of hydrogen-bond acceptors (Lipinski definition) is 2. The van der Waals surface area contributed by atoms with Crippen molar-refractivity contribution in [3.63, 3.8) is 0 Å². The summed E-state index contributed by atoms with van der Waals surface area (Å²) >= 11 is 8.28. The molecule has 0 radical (unpaired) electrons. The van der Waals surface area contributed by atoms with Crippen LogP contribution in [-0.4, -0.2) is 10.2 Å². The molecule has 0 saturated carbocycles. The molecule has 0 atom stereocenters. The molecule has 188 valence electrons. The van der Waals surface area contributed by atoms with E-state index in [1.54, 1.807) is 0 Å². The van der Waals surface area contributed by atoms with Gasteiger partial charge >= 0.3 is 26.7 Å². The molecule has 0 aliphatic carbocycles. The first-order valence-electron chi connectivity index (χ1n) is 10.8. The minimum atomic E-state index is 0. The normalized spacial score (nSPS) is 10.2. The maximum absolute atomic E-state index is 4.14. The summed E-state index contributed by atoms with van der Waals surface area (Å²) in [5.41, 5.74) is 16.8. The molecular weight excluding hydrogens is 547 g/mol. The van der Waals surface area contributed by atoms with Crippen LogP contribution >= 0.6 is 0 Å². The van der Waals surface area contributed by atoms with Crippen LogP contribution in [0.1, 0.15) is 0 Å². The van der Waals surface area contributed by atoms with Gasteiger partial charge in [-0.3, -0.25) is 10.9 Å². The molecule has 4 aromatic carbocycles. The molecule has 0 unspecified atom stereocenters. The first kappa shape index (κ1) is 29.5. The van der Waals surface area contributed by atoms with E-state index in [0.29, 0.717) is 10.2 Å². The van der Waals surface area contributed by atoms with Crippen LogP contribution in [0.3, 0.4) is 0 Å². The second-order valence-corrected chi connectivity index (χ2v) is 7.68. The number of nitrogens with zero attached hydrogens (tertiary/aromatic N) is 6. The maximum atomic E-state index is 4.14. The van der Waals surface area contributed by atoms with Gasteiger partial charge in [0, 0.05) is 0 Å². The molecule has 0 heterocycles. The summed E-state index contributed by atoms with van der Waals surface area (Å²) in [6, 6.07) is 37.9. The number of hydrogen-bond donors (Lipinski definition) is 2. The van der Waals surface area contributed by atoms with Gasteiger partial charge in [0.15, 0.2) is 0 Å². The Balaban J connectivity index is 0.000000253. The molecule has 4 aromatic rings. The van der Waals surface area contributed by atoms with Crippen molar-refractivity contribution in [3.8, 4) is 0 Å². The van der Waals surface area contributed by atoms with E-state index in [-0.39, 0.29) is 16.5 Å². The zero-order chi connectivity index (χ0) is 25.3. The molecule has 2 N–H and O–H groups in total. The van der Waals surface area contributed by atoms with Crippen LogP contribution in [0.2, 0.25) is 0 Å². The van der Waals surface area contributed by atoms with E-state index >= 15 is 0 Å². The van der Waals surface area contributed by atoms with Gasteiger partial charge in [0.25, 0.3) is 0 Å². The fourth-order valence-corrected chi connectivity index (χ4v) is 2.67. The van der Waals surface area contributed by atoms with Gasteiger partial charge in [-0.05, 0) is 24.3 Å². The van der Waals surface area contributed by atoms with E-state index in [1.807, 2.05) is 121 Å². The summed E-state index contributed by atoms with van der Waals surface area (Å²) in [7, 11) is 0. The first-order chi connectivity index (χ1) is 17.7. The standard InChI is InChI=1S/2C13H12N4S.Ni/c2*18-13(16-14-11-7-3-1-4-8-11)17-15-12-9-5-2-6-10-12;/h2*1-10H,(H2,14,15,16,17,18);/q;;+2. The van der Waals surface area contributed by atoms with Crippen molar-refractivity contribution < 1.29 is 16.5 Å². The Kier molecular flexibility index (Phi) is 14.1. The Morgan fingerprint density at radius 3 is 1.11 bits per heavy atom. The third-order valence-corrected chi connectivity index (χ3v) is 4.49. The van der Waals surface area contributed by atoms with Gasteiger partial charge in [0.1, 0.15) is 0 Å². The van der Waals surface area contributed by atoms with Crippen LogP contribution in [0, 0.1) is 0 Å². The van der Waals surface area contributed by atoms with E-state index < -0.39 is 0 Å². The molecule has 0 fully saturated rings. The van der Waals surface area contributed by atoms with Crippen LogP contribution in [0.4, 0.5) is 22.7 Å². The SMILES string of the molecule is [Ni+2].[SH+]=C(N=Nc1ccccc1)N[N-]c1ccccc1.[SH+]=C(N=Nc1ccccc1)N[N-]c1ccccc1. The molecule has 37 heavy (non-hydrogen) atoms. The van der Waals surface area contributed by atoms with E-state index in [0.717, 1.165) is 22.7 Å². The van der Waals surface area contributed by atoms with E-state index in [9.17, 15) is 0 Å². The minimum absolute atomic E-state index is 0. The van der Waals surface area contributed by atoms with Gasteiger partial charge in [-0.25, -0.2) is 0 Å². The number of benzene rings is 4. The third kappa shape index (κ3) is 12.7. The van der Waals surface area contributed by atoms with Crippen molar-refractivity contribution in [1.82, 2.24) is 10.9 Å². The zero-order valence-corrected chi connectivity index (χ0v) is 22.2. The molecule has 0 spiro atoms. The third-order valence-electron chi connectivity index (χ3n) is 4.12. The Bertz CT molecular complexity index is 1160. The molecule has 0 saturated heterocycles. The summed E-state index contributed by atoms with van der Waals surface area (Å²) in [6.45, 7) is 0. The monoisotopic (exact) mass is 570 g/mol. The molecule has 0 bridgehead atoms. The second kappa shape index (κ2) is 17.7. The summed E-state index contributed by atoms with van der Waals surface area (Å²) in [5, 5.41) is 16.5. The van der Waals surface area contributed by atoms with Crippen molar-refractivity contribution in [2.75, 3.05) is 0 Å². The Labute approximate surface area is 236 Å². The summed E-state index contributed by atoms with van der Waals surface area (Å²) in [6.07, 6.45) is 0. The Hall–Kier alpha value is -3.73. The molecule has 4 rings (SSSR count). The topological polar surface area (TPSA) is 102 Å². The number of para-hydroxylation sites is 2. The number of nitrogens with one attached hydrogen (secondary N) is 2. The smallest absolute Gasteiger partial charge is 0.613 e. The van der Waals surface area contributed by atoms with Crippen LogP contribution in [0.15, 0.2) is 142 Å². The molecule has 0 aromatic heterocycles. The largest absolute Gasteiger partial charge is 2.00 e. The first-order valence-corrected chi connectivity index (χ1v) is 11.7. The van der Waals surface area contributed by atoms with Crippen LogP contribution < -0.4 is 10.9 Å². The van der Waals surface area contributed by atoms with Gasteiger partial charge in [-0.1, -0.05) is 107 Å². The average molecular weight is 571 g/mol. The number of rotatable bonds is 6. The predicted octanol–water partition coefficient (Wildman–Crippen LogP) is 6.69. The van der Waals surface area contributed by atoms with Crippen LogP contribution in [0.5, 0.6) is 0 Å². The Morgan fingerprint density at radius 1 is 0.486 bits per heavy atom. The van der Waals surface area contributed by atoms with E-state index in [4.69, 9.17) is 0 Å². The van der Waals surface area contributed by atoms with E-state index in [1.165, 1.54) is 0 Å². The summed E-state index contributed by atoms with van der Waals surface area (Å²) in [5.74, 6) is 0. The average Bonchev–Trinajstić information content (AvgIpc) is 2.95. The fraction of sp³-hybridized carbons (Fsp3) is 0. The molecule has 0 amide bonds. The molecule has 0 aliphatic rings. The summed E-state index contributed by atoms with van der Waals surface area (Å²) < 4.78 is 0. The van der Waals surface area contributed by atoms with Crippen LogP contribution in [0.25, 0.3) is 10.9 Å². The van der Waals surface area contributed by atoms with Crippen LogP contribution in [-0.2, 0) is 40.9 Å². The second-order valence-electron chi connectivity index (χ2n) is 6.84. The van der Waals surface area contributed by atoms with Gasteiger partial charge in [0.2, 0.25) is 24.4 Å². The number of azo groups is 2. The van der Waals surface area contributed by atoms with Crippen molar-refractivity contribution in [2.45, 2.75) is 0 Å². The van der Waals surface area contributed by atoms with Crippen molar-refractivity contribution in [1.29, 1.82) is 0 Å². The zero-order valence-electron chi connectivity index (χ0n) is 19.4. The quantitative estimate of drug-likeness (QED) is 0.0673. The van der Waals surface area contributed by atoms with Crippen molar-refractivity contribution in [3.05, 3.63) is 132 Å². The molecular formula is C26H24N8NiS2+2. The molecule has 11 heteroatoms. The van der Waals surface area contributed by atoms with Gasteiger partial charge in [-0.15, -0.1) is 21.6 Å². The number of thiol groups is 2. The Morgan fingerprint density at radius 2 is 0.784 bits per heavy atom. The predicted molar refractivity (Wildman–Crippen MR) is 155 cm³/mol.